The van der Waals surface area contributed by atoms with Crippen LogP contribution in [0.5, 0.6) is 0 Å². The first-order valence-electron chi connectivity index (χ1n) is 9.47. The third kappa shape index (κ3) is 5.54. The summed E-state index contributed by atoms with van der Waals surface area (Å²) in [5.74, 6) is 0.0190. The molecule has 0 saturated carbocycles. The van der Waals surface area contributed by atoms with Gasteiger partial charge in [-0.05, 0) is 60.9 Å². The predicted octanol–water partition coefficient (Wildman–Crippen LogP) is 5.95. The molecule has 0 spiro atoms. The molecular weight excluding hydrogens is 431 g/mol. The number of hydrogen-bond acceptors (Lipinski definition) is 5. The van der Waals surface area contributed by atoms with E-state index in [1.165, 1.54) is 36.0 Å². The van der Waals surface area contributed by atoms with Gasteiger partial charge in [-0.3, -0.25) is 0 Å². The number of sulfone groups is 1. The minimum atomic E-state index is -4.03. The standard InChI is InChI=1S/C24H21FN2O2S2/c1-17-8-9-18(2)22(14-17)27-24(30-16-19-10-12-20(25)13-11-19)23(15-26)31(28,29)21-6-4-3-5-7-21/h3-14,27H,16H2,1-2H3/b24-23+. The van der Waals surface area contributed by atoms with E-state index in [1.807, 2.05) is 38.1 Å². The lowest BCUT2D eigenvalue weighted by Gasteiger charge is -2.16. The summed E-state index contributed by atoms with van der Waals surface area (Å²) in [5.41, 5.74) is 3.44. The van der Waals surface area contributed by atoms with Gasteiger partial charge in [-0.25, -0.2) is 12.8 Å². The topological polar surface area (TPSA) is 70.0 Å². The normalized spacial score (nSPS) is 12.1. The molecule has 0 aliphatic carbocycles. The third-order valence-corrected chi connectivity index (χ3v) is 7.50. The van der Waals surface area contributed by atoms with Crippen molar-refractivity contribution >= 4 is 27.3 Å². The van der Waals surface area contributed by atoms with Crippen LogP contribution in [0.25, 0.3) is 0 Å². The molecule has 0 amide bonds. The Balaban J connectivity index is 2.07. The number of nitriles is 1. The van der Waals surface area contributed by atoms with Crippen LogP contribution in [0.4, 0.5) is 10.1 Å². The molecule has 1 N–H and O–H groups in total. The van der Waals surface area contributed by atoms with Crippen LogP contribution in [0.3, 0.4) is 0 Å². The zero-order valence-corrected chi connectivity index (χ0v) is 18.7. The maximum Gasteiger partial charge on any atom is 0.219 e. The van der Waals surface area contributed by atoms with Crippen LogP contribution in [-0.2, 0) is 15.6 Å². The van der Waals surface area contributed by atoms with Gasteiger partial charge in [0.25, 0.3) is 0 Å². The molecule has 3 aromatic rings. The van der Waals surface area contributed by atoms with E-state index in [0.717, 1.165) is 22.4 Å². The van der Waals surface area contributed by atoms with Crippen LogP contribution < -0.4 is 5.32 Å². The third-order valence-electron chi connectivity index (χ3n) is 4.57. The van der Waals surface area contributed by atoms with Crippen molar-refractivity contribution in [2.45, 2.75) is 24.5 Å². The number of hydrogen-bond donors (Lipinski definition) is 1. The first kappa shape index (κ1) is 22.6. The SMILES string of the molecule is Cc1ccc(C)c(N/C(SCc2ccc(F)cc2)=C(/C#N)S(=O)(=O)c2ccccc2)c1. The Morgan fingerprint density at radius 3 is 2.35 bits per heavy atom. The van der Waals surface area contributed by atoms with Gasteiger partial charge in [0, 0.05) is 11.4 Å². The van der Waals surface area contributed by atoms with Gasteiger partial charge in [-0.2, -0.15) is 5.26 Å². The zero-order chi connectivity index (χ0) is 22.4. The number of benzene rings is 3. The van der Waals surface area contributed by atoms with E-state index in [9.17, 15) is 18.1 Å². The Kier molecular flexibility index (Phi) is 7.16. The maximum atomic E-state index is 13.2. The highest BCUT2D eigenvalue weighted by atomic mass is 32.2. The lowest BCUT2D eigenvalue weighted by molar-refractivity contribution is 0.603. The average Bonchev–Trinajstić information content (AvgIpc) is 2.76. The number of allylic oxidation sites excluding steroid dienone is 1. The second kappa shape index (κ2) is 9.82. The fourth-order valence-corrected chi connectivity index (χ4v) is 5.37. The Labute approximate surface area is 186 Å². The Morgan fingerprint density at radius 2 is 1.71 bits per heavy atom. The summed E-state index contributed by atoms with van der Waals surface area (Å²) in [6.07, 6.45) is 0. The molecule has 158 valence electrons. The molecule has 0 atom stereocenters. The molecule has 0 fully saturated rings. The van der Waals surface area contributed by atoms with Crippen molar-refractivity contribution in [2.24, 2.45) is 0 Å². The van der Waals surface area contributed by atoms with Crippen LogP contribution in [0.1, 0.15) is 16.7 Å². The van der Waals surface area contributed by atoms with E-state index >= 15 is 0 Å². The molecule has 31 heavy (non-hydrogen) atoms. The van der Waals surface area contributed by atoms with Crippen molar-refractivity contribution in [1.82, 2.24) is 0 Å². The van der Waals surface area contributed by atoms with E-state index in [2.05, 4.69) is 5.32 Å². The van der Waals surface area contributed by atoms with E-state index in [1.54, 1.807) is 30.3 Å². The highest BCUT2D eigenvalue weighted by molar-refractivity contribution is 8.04. The molecule has 0 aromatic heterocycles. The Morgan fingerprint density at radius 1 is 1.03 bits per heavy atom. The highest BCUT2D eigenvalue weighted by Crippen LogP contribution is 2.32. The van der Waals surface area contributed by atoms with Gasteiger partial charge in [-0.1, -0.05) is 42.5 Å². The number of anilines is 1. The summed E-state index contributed by atoms with van der Waals surface area (Å²) in [6.45, 7) is 3.84. The minimum absolute atomic E-state index is 0.0502. The second-order valence-electron chi connectivity index (χ2n) is 6.95. The molecule has 0 aliphatic rings. The predicted molar refractivity (Wildman–Crippen MR) is 124 cm³/mol. The van der Waals surface area contributed by atoms with Gasteiger partial charge in [0.2, 0.25) is 9.84 Å². The lowest BCUT2D eigenvalue weighted by atomic mass is 10.1. The number of rotatable bonds is 7. The van der Waals surface area contributed by atoms with Crippen molar-refractivity contribution in [3.63, 3.8) is 0 Å². The molecule has 0 radical (unpaired) electrons. The summed E-state index contributed by atoms with van der Waals surface area (Å²) in [6, 6.07) is 21.5. The first-order valence-corrected chi connectivity index (χ1v) is 11.9. The molecule has 0 bridgehead atoms. The molecule has 3 rings (SSSR count). The average molecular weight is 453 g/mol. The van der Waals surface area contributed by atoms with Gasteiger partial charge >= 0.3 is 0 Å². The number of nitrogens with one attached hydrogen (secondary N) is 1. The molecule has 3 aromatic carbocycles. The van der Waals surface area contributed by atoms with Gasteiger partial charge in [0.05, 0.1) is 4.90 Å². The van der Waals surface area contributed by atoms with Gasteiger partial charge in [-0.15, -0.1) is 11.8 Å². The van der Waals surface area contributed by atoms with Gasteiger partial charge in [0.15, 0.2) is 4.91 Å². The molecule has 7 heteroatoms. The Bertz CT molecular complexity index is 1250. The maximum absolute atomic E-state index is 13.2. The van der Waals surface area contributed by atoms with Crippen molar-refractivity contribution in [1.29, 1.82) is 5.26 Å². The molecule has 4 nitrogen and oxygen atoms in total. The minimum Gasteiger partial charge on any atom is -0.348 e. The lowest BCUT2D eigenvalue weighted by Crippen LogP contribution is -2.11. The van der Waals surface area contributed by atoms with Crippen LogP contribution in [-0.4, -0.2) is 8.42 Å². The van der Waals surface area contributed by atoms with Gasteiger partial charge in [0.1, 0.15) is 16.9 Å². The van der Waals surface area contributed by atoms with E-state index in [-0.39, 0.29) is 20.6 Å². The summed E-state index contributed by atoms with van der Waals surface area (Å²) in [5, 5.41) is 13.2. The van der Waals surface area contributed by atoms with E-state index < -0.39 is 9.84 Å². The smallest absolute Gasteiger partial charge is 0.219 e. The molecule has 0 unspecified atom stereocenters. The van der Waals surface area contributed by atoms with E-state index in [0.29, 0.717) is 5.75 Å². The number of nitrogens with zero attached hydrogens (tertiary/aromatic N) is 1. The summed E-state index contributed by atoms with van der Waals surface area (Å²) >= 11 is 1.19. The fourth-order valence-electron chi connectivity index (χ4n) is 2.84. The largest absolute Gasteiger partial charge is 0.348 e. The highest BCUT2D eigenvalue weighted by Gasteiger charge is 2.25. The van der Waals surface area contributed by atoms with Crippen LogP contribution >= 0.6 is 11.8 Å². The number of halogens is 1. The zero-order valence-electron chi connectivity index (χ0n) is 17.1. The summed E-state index contributed by atoms with van der Waals surface area (Å²) in [7, 11) is -4.03. The van der Waals surface area contributed by atoms with Crippen LogP contribution in [0.2, 0.25) is 0 Å². The Hall–Kier alpha value is -3.08. The molecule has 0 aliphatic heterocycles. The molecule has 0 saturated heterocycles. The molecular formula is C24H21FN2O2S2. The van der Waals surface area contributed by atoms with Crippen molar-refractivity contribution < 1.29 is 12.8 Å². The van der Waals surface area contributed by atoms with Crippen LogP contribution in [0.15, 0.2) is 87.6 Å². The van der Waals surface area contributed by atoms with Crippen molar-refractivity contribution in [3.05, 3.63) is 105 Å². The van der Waals surface area contributed by atoms with E-state index in [4.69, 9.17) is 0 Å². The summed E-state index contributed by atoms with van der Waals surface area (Å²) < 4.78 is 39.7. The monoisotopic (exact) mass is 452 g/mol. The van der Waals surface area contributed by atoms with Crippen LogP contribution in [0, 0.1) is 31.0 Å². The van der Waals surface area contributed by atoms with Crippen molar-refractivity contribution in [2.75, 3.05) is 5.32 Å². The number of thioether (sulfide) groups is 1. The first-order chi connectivity index (χ1) is 14.8. The van der Waals surface area contributed by atoms with Crippen molar-refractivity contribution in [3.8, 4) is 6.07 Å². The fraction of sp³-hybridized carbons (Fsp3) is 0.125. The summed E-state index contributed by atoms with van der Waals surface area (Å²) in [4.78, 5) is -0.305. The second-order valence-corrected chi connectivity index (χ2v) is 9.82. The van der Waals surface area contributed by atoms with Gasteiger partial charge < -0.3 is 5.32 Å². The quantitative estimate of drug-likeness (QED) is 0.448. The molecule has 0 heterocycles. The number of aryl methyl sites for hydroxylation is 2.